The zero-order valence-electron chi connectivity index (χ0n) is 19.4. The molecule has 1 fully saturated rings. The molecule has 1 aliphatic heterocycles. The number of fused-ring (bicyclic) bond motifs is 1. The van der Waals surface area contributed by atoms with E-state index in [4.69, 9.17) is 20.3 Å². The fraction of sp³-hybridized carbons (Fsp3) is 0.231. The van der Waals surface area contributed by atoms with E-state index in [0.29, 0.717) is 42.2 Å². The number of para-hydroxylation sites is 1. The van der Waals surface area contributed by atoms with E-state index in [0.717, 1.165) is 23.5 Å². The van der Waals surface area contributed by atoms with Crippen LogP contribution in [0.1, 0.15) is 12.5 Å². The predicted molar refractivity (Wildman–Crippen MR) is 133 cm³/mol. The molecule has 1 unspecified atom stereocenters. The summed E-state index contributed by atoms with van der Waals surface area (Å²) in [6, 6.07) is 17.3. The molecular weight excluding hydrogens is 444 g/mol. The molecule has 2 N–H and O–H groups in total. The Labute approximate surface area is 202 Å². The zero-order chi connectivity index (χ0) is 24.2. The van der Waals surface area contributed by atoms with Gasteiger partial charge in [0, 0.05) is 31.8 Å². The van der Waals surface area contributed by atoms with E-state index in [1.54, 1.807) is 19.3 Å². The minimum absolute atomic E-state index is 0.0130. The third kappa shape index (κ3) is 4.71. The van der Waals surface area contributed by atoms with E-state index in [1.807, 2.05) is 64.2 Å². The molecule has 9 heteroatoms. The summed E-state index contributed by atoms with van der Waals surface area (Å²) in [5.74, 6) is 1.82. The van der Waals surface area contributed by atoms with Crippen LogP contribution in [0.15, 0.2) is 73.1 Å². The van der Waals surface area contributed by atoms with Gasteiger partial charge in [0.25, 0.3) is 0 Å². The molecule has 0 aliphatic carbocycles. The Kier molecular flexibility index (Phi) is 6.40. The molecule has 2 aromatic heterocycles. The van der Waals surface area contributed by atoms with Gasteiger partial charge in [0.2, 0.25) is 5.91 Å². The van der Waals surface area contributed by atoms with Gasteiger partial charge in [-0.1, -0.05) is 24.3 Å². The molecule has 1 aliphatic rings. The van der Waals surface area contributed by atoms with Crippen molar-refractivity contribution in [3.63, 3.8) is 0 Å². The second kappa shape index (κ2) is 9.94. The summed E-state index contributed by atoms with van der Waals surface area (Å²) in [5, 5.41) is 5.61. The zero-order valence-corrected chi connectivity index (χ0v) is 19.4. The van der Waals surface area contributed by atoms with E-state index in [9.17, 15) is 4.79 Å². The van der Waals surface area contributed by atoms with Crippen LogP contribution in [0.25, 0.3) is 22.3 Å². The van der Waals surface area contributed by atoms with Crippen molar-refractivity contribution >= 4 is 22.8 Å². The average Bonchev–Trinajstić information content (AvgIpc) is 3.51. The van der Waals surface area contributed by atoms with Crippen LogP contribution in [0.4, 0.5) is 5.82 Å². The molecule has 9 nitrogen and oxygen atoms in total. The maximum absolute atomic E-state index is 12.5. The summed E-state index contributed by atoms with van der Waals surface area (Å²) in [6.07, 6.45) is 5.49. The van der Waals surface area contributed by atoms with Gasteiger partial charge in [0.1, 0.15) is 29.3 Å². The highest BCUT2D eigenvalue weighted by molar-refractivity contribution is 5.98. The summed E-state index contributed by atoms with van der Waals surface area (Å²) in [6.45, 7) is 1.59. The maximum Gasteiger partial charge on any atom is 0.246 e. The molecule has 5 rings (SSSR count). The number of hydrogen-bond acceptors (Lipinski definition) is 7. The summed E-state index contributed by atoms with van der Waals surface area (Å²) >= 11 is 0. The number of likely N-dealkylation sites (tertiary alicyclic amines) is 1. The van der Waals surface area contributed by atoms with Crippen molar-refractivity contribution in [2.24, 2.45) is 0 Å². The fourth-order valence-electron chi connectivity index (χ4n) is 4.25. The topological polar surface area (TPSA) is 108 Å². The minimum Gasteiger partial charge on any atom is -0.457 e. The first-order valence-corrected chi connectivity index (χ1v) is 11.4. The molecule has 1 amide bonds. The third-order valence-electron chi connectivity index (χ3n) is 5.97. The predicted octanol–water partition coefficient (Wildman–Crippen LogP) is 3.84. The lowest BCUT2D eigenvalue weighted by Gasteiger charge is -2.15. The number of nitrogen functional groups attached to an aromatic ring is 1. The van der Waals surface area contributed by atoms with Crippen molar-refractivity contribution in [1.82, 2.24) is 24.6 Å². The number of carbonyl (C=O) groups is 1. The van der Waals surface area contributed by atoms with Crippen LogP contribution in [0.3, 0.4) is 0 Å². The number of ether oxygens (including phenoxy) is 2. The van der Waals surface area contributed by atoms with Crippen LogP contribution in [0.5, 0.6) is 11.5 Å². The smallest absolute Gasteiger partial charge is 0.246 e. The highest BCUT2D eigenvalue weighted by atomic mass is 16.5. The first kappa shape index (κ1) is 22.5. The summed E-state index contributed by atoms with van der Waals surface area (Å²) < 4.78 is 12.8. The largest absolute Gasteiger partial charge is 0.457 e. The fourth-order valence-corrected chi connectivity index (χ4v) is 4.25. The monoisotopic (exact) mass is 470 g/mol. The quantitative estimate of drug-likeness (QED) is 0.409. The van der Waals surface area contributed by atoms with Crippen LogP contribution in [0.2, 0.25) is 0 Å². The van der Waals surface area contributed by atoms with E-state index in [-0.39, 0.29) is 11.9 Å². The van der Waals surface area contributed by atoms with Crippen LogP contribution < -0.4 is 10.5 Å². The molecule has 0 spiro atoms. The van der Waals surface area contributed by atoms with Crippen LogP contribution in [-0.4, -0.2) is 57.4 Å². The van der Waals surface area contributed by atoms with Gasteiger partial charge in [0.05, 0.1) is 18.0 Å². The molecule has 178 valence electrons. The summed E-state index contributed by atoms with van der Waals surface area (Å²) in [4.78, 5) is 23.0. The number of nitrogens with zero attached hydrogens (tertiary/aromatic N) is 5. The second-order valence-corrected chi connectivity index (χ2v) is 8.27. The molecular formula is C26H26N6O3. The average molecular weight is 471 g/mol. The van der Waals surface area contributed by atoms with E-state index < -0.39 is 0 Å². The lowest BCUT2D eigenvalue weighted by atomic mass is 10.1. The molecule has 4 aromatic rings. The molecule has 3 heterocycles. The molecule has 2 aromatic carbocycles. The van der Waals surface area contributed by atoms with Gasteiger partial charge >= 0.3 is 0 Å². The number of anilines is 1. The van der Waals surface area contributed by atoms with Crippen LogP contribution in [0, 0.1) is 0 Å². The Morgan fingerprint density at radius 3 is 2.66 bits per heavy atom. The summed E-state index contributed by atoms with van der Waals surface area (Å²) in [7, 11) is 1.60. The van der Waals surface area contributed by atoms with Gasteiger partial charge in [-0.25, -0.2) is 14.6 Å². The van der Waals surface area contributed by atoms with Crippen LogP contribution in [-0.2, 0) is 9.53 Å². The van der Waals surface area contributed by atoms with Crippen molar-refractivity contribution in [2.75, 3.05) is 32.5 Å². The summed E-state index contributed by atoms with van der Waals surface area (Å²) in [5.41, 5.74) is 8.51. The van der Waals surface area contributed by atoms with Gasteiger partial charge in [-0.3, -0.25) is 4.79 Å². The molecule has 0 saturated carbocycles. The van der Waals surface area contributed by atoms with Crippen molar-refractivity contribution in [1.29, 1.82) is 0 Å². The lowest BCUT2D eigenvalue weighted by Crippen LogP contribution is -2.27. The van der Waals surface area contributed by atoms with Crippen molar-refractivity contribution in [3.8, 4) is 22.8 Å². The van der Waals surface area contributed by atoms with Gasteiger partial charge in [-0.15, -0.1) is 0 Å². The Bertz CT molecular complexity index is 1350. The standard InChI is InChI=1S/C26H26N6O3/c1-34-15-5-8-22(33)31-14-13-19(16-31)32-26-23(25(27)28-17-29-26)24(30-32)18-9-11-21(12-10-18)35-20-6-3-2-4-7-20/h2-12,17,19H,13-16H2,1H3,(H2,27,28,29). The molecule has 35 heavy (non-hydrogen) atoms. The van der Waals surface area contributed by atoms with E-state index >= 15 is 0 Å². The van der Waals surface area contributed by atoms with E-state index in [2.05, 4.69) is 9.97 Å². The first-order valence-electron chi connectivity index (χ1n) is 11.4. The van der Waals surface area contributed by atoms with Gasteiger partial charge in [-0.2, -0.15) is 5.10 Å². The molecule has 0 bridgehead atoms. The normalized spacial score (nSPS) is 15.8. The number of amides is 1. The number of benzene rings is 2. The second-order valence-electron chi connectivity index (χ2n) is 8.27. The minimum atomic E-state index is -0.0376. The van der Waals surface area contributed by atoms with Gasteiger partial charge < -0.3 is 20.1 Å². The van der Waals surface area contributed by atoms with Crippen molar-refractivity contribution in [2.45, 2.75) is 12.5 Å². The molecule has 1 atom stereocenters. The molecule has 1 saturated heterocycles. The number of aromatic nitrogens is 4. The van der Waals surface area contributed by atoms with Gasteiger partial charge in [-0.05, 0) is 42.8 Å². The number of carbonyl (C=O) groups excluding carboxylic acids is 1. The highest BCUT2D eigenvalue weighted by Gasteiger charge is 2.30. The Balaban J connectivity index is 1.42. The highest BCUT2D eigenvalue weighted by Crippen LogP contribution is 2.35. The SMILES string of the molecule is COCC=CC(=O)N1CCC(n2nc(-c3ccc(Oc4ccccc4)cc3)c3c(N)ncnc32)C1. The van der Waals surface area contributed by atoms with Crippen molar-refractivity contribution < 1.29 is 14.3 Å². The number of rotatable bonds is 7. The molecule has 0 radical (unpaired) electrons. The Morgan fingerprint density at radius 2 is 1.89 bits per heavy atom. The van der Waals surface area contributed by atoms with Crippen molar-refractivity contribution in [3.05, 3.63) is 73.1 Å². The van der Waals surface area contributed by atoms with Crippen LogP contribution >= 0.6 is 0 Å². The number of hydrogen-bond donors (Lipinski definition) is 1. The number of nitrogens with two attached hydrogens (primary N) is 1. The first-order chi connectivity index (χ1) is 17.1. The van der Waals surface area contributed by atoms with Gasteiger partial charge in [0.15, 0.2) is 5.65 Å². The maximum atomic E-state index is 12.5. The lowest BCUT2D eigenvalue weighted by molar-refractivity contribution is -0.125. The Hall–Kier alpha value is -4.24. The number of methoxy groups -OCH3 is 1. The third-order valence-corrected chi connectivity index (χ3v) is 5.97. The Morgan fingerprint density at radius 1 is 1.11 bits per heavy atom. The van der Waals surface area contributed by atoms with E-state index in [1.165, 1.54) is 6.33 Å².